The van der Waals surface area contributed by atoms with Gasteiger partial charge < -0.3 is 9.73 Å². The predicted molar refractivity (Wildman–Crippen MR) is 82.0 cm³/mol. The molecule has 1 atom stereocenters. The van der Waals surface area contributed by atoms with Gasteiger partial charge in [-0.1, -0.05) is 27.7 Å². The van der Waals surface area contributed by atoms with Gasteiger partial charge in [-0.2, -0.15) is 0 Å². The Hall–Kier alpha value is -1.06. The van der Waals surface area contributed by atoms with Crippen molar-refractivity contribution in [1.82, 2.24) is 5.32 Å². The molecule has 0 spiro atoms. The Kier molecular flexibility index (Phi) is 4.16. The lowest BCUT2D eigenvalue weighted by atomic mass is 9.95. The molecule has 2 aromatic rings. The number of thiophene rings is 1. The van der Waals surface area contributed by atoms with Crippen molar-refractivity contribution in [2.24, 2.45) is 0 Å². The zero-order chi connectivity index (χ0) is 14.0. The summed E-state index contributed by atoms with van der Waals surface area (Å²) in [5.74, 6) is 0.997. The van der Waals surface area contributed by atoms with Gasteiger partial charge in [-0.25, -0.2) is 0 Å². The Morgan fingerprint density at radius 1 is 1.26 bits per heavy atom. The second kappa shape index (κ2) is 5.51. The highest BCUT2D eigenvalue weighted by atomic mass is 32.1. The summed E-state index contributed by atoms with van der Waals surface area (Å²) >= 11 is 1.89. The molecule has 2 aromatic heterocycles. The molecule has 1 unspecified atom stereocenters. The molecule has 1 N–H and O–H groups in total. The maximum absolute atomic E-state index is 5.45. The van der Waals surface area contributed by atoms with Crippen molar-refractivity contribution in [3.8, 4) is 0 Å². The lowest BCUT2D eigenvalue weighted by Gasteiger charge is -2.18. The summed E-state index contributed by atoms with van der Waals surface area (Å²) in [4.78, 5) is 2.78. The van der Waals surface area contributed by atoms with E-state index >= 15 is 0 Å². The summed E-state index contributed by atoms with van der Waals surface area (Å²) < 4.78 is 5.45. The quantitative estimate of drug-likeness (QED) is 0.880. The average molecular weight is 277 g/mol. The van der Waals surface area contributed by atoms with Crippen molar-refractivity contribution >= 4 is 11.3 Å². The summed E-state index contributed by atoms with van der Waals surface area (Å²) in [5.41, 5.74) is 1.45. The highest BCUT2D eigenvalue weighted by Crippen LogP contribution is 2.35. The van der Waals surface area contributed by atoms with Crippen molar-refractivity contribution in [1.29, 1.82) is 0 Å². The van der Waals surface area contributed by atoms with Gasteiger partial charge in [0.25, 0.3) is 0 Å². The zero-order valence-corrected chi connectivity index (χ0v) is 13.2. The summed E-state index contributed by atoms with van der Waals surface area (Å²) in [6, 6.07) is 6.80. The molecule has 0 aromatic carbocycles. The predicted octanol–water partition coefficient (Wildman–Crippen LogP) is 4.65. The molecule has 2 heterocycles. The van der Waals surface area contributed by atoms with Crippen LogP contribution in [-0.4, -0.2) is 6.54 Å². The van der Waals surface area contributed by atoms with Gasteiger partial charge in [0.05, 0.1) is 12.3 Å². The van der Waals surface area contributed by atoms with Crippen LogP contribution in [-0.2, 0) is 5.41 Å². The van der Waals surface area contributed by atoms with Crippen molar-refractivity contribution in [2.75, 3.05) is 6.54 Å². The fraction of sp³-hybridized carbons (Fsp3) is 0.500. The number of furan rings is 1. The number of aryl methyl sites for hydroxylation is 1. The van der Waals surface area contributed by atoms with E-state index in [9.17, 15) is 0 Å². The minimum Gasteiger partial charge on any atom is -0.469 e. The van der Waals surface area contributed by atoms with Gasteiger partial charge in [0.2, 0.25) is 0 Å². The fourth-order valence-corrected chi connectivity index (χ4v) is 3.33. The first kappa shape index (κ1) is 14.4. The SMILES string of the molecule is CCNC(c1ccc(C(C)(C)C)s1)c1ccoc1C. The molecular formula is C16H23NOS. The Morgan fingerprint density at radius 2 is 2.00 bits per heavy atom. The van der Waals surface area contributed by atoms with Crippen LogP contribution in [0.25, 0.3) is 0 Å². The van der Waals surface area contributed by atoms with Crippen molar-refractivity contribution in [3.63, 3.8) is 0 Å². The van der Waals surface area contributed by atoms with Gasteiger partial charge >= 0.3 is 0 Å². The molecule has 19 heavy (non-hydrogen) atoms. The molecule has 0 bridgehead atoms. The molecule has 2 nitrogen and oxygen atoms in total. The minimum atomic E-state index is 0.213. The average Bonchev–Trinajstić information content (AvgIpc) is 2.94. The summed E-state index contributed by atoms with van der Waals surface area (Å²) in [6.07, 6.45) is 1.77. The molecule has 104 valence electrons. The fourth-order valence-electron chi connectivity index (χ4n) is 2.17. The van der Waals surface area contributed by atoms with Crippen LogP contribution in [0.1, 0.15) is 54.8 Å². The normalized spacial score (nSPS) is 13.7. The second-order valence-electron chi connectivity index (χ2n) is 5.87. The first-order valence-electron chi connectivity index (χ1n) is 6.81. The Balaban J connectivity index is 2.35. The Bertz CT molecular complexity index is 533. The molecule has 0 aliphatic heterocycles. The topological polar surface area (TPSA) is 25.2 Å². The first-order valence-corrected chi connectivity index (χ1v) is 7.62. The molecule has 0 amide bonds. The second-order valence-corrected chi connectivity index (χ2v) is 6.99. The summed E-state index contributed by atoms with van der Waals surface area (Å²) in [7, 11) is 0. The molecule has 0 fully saturated rings. The minimum absolute atomic E-state index is 0.213. The van der Waals surface area contributed by atoms with Crippen molar-refractivity contribution < 1.29 is 4.42 Å². The molecule has 3 heteroatoms. The molecule has 0 saturated carbocycles. The third-order valence-corrected chi connectivity index (χ3v) is 4.84. The van der Waals surface area contributed by atoms with Crippen LogP contribution in [0.3, 0.4) is 0 Å². The van der Waals surface area contributed by atoms with Crippen molar-refractivity contribution in [2.45, 2.75) is 46.1 Å². The number of hydrogen-bond acceptors (Lipinski definition) is 3. The molecule has 0 radical (unpaired) electrons. The third-order valence-electron chi connectivity index (χ3n) is 3.27. The highest BCUT2D eigenvalue weighted by Gasteiger charge is 2.22. The lowest BCUT2D eigenvalue weighted by Crippen LogP contribution is -2.21. The monoisotopic (exact) mass is 277 g/mol. The van der Waals surface area contributed by atoms with Crippen molar-refractivity contribution in [3.05, 3.63) is 45.5 Å². The highest BCUT2D eigenvalue weighted by molar-refractivity contribution is 7.12. The summed E-state index contributed by atoms with van der Waals surface area (Å²) in [6.45, 7) is 11.9. The van der Waals surface area contributed by atoms with Gasteiger partial charge in [0, 0.05) is 15.3 Å². The van der Waals surface area contributed by atoms with E-state index in [4.69, 9.17) is 4.42 Å². The van der Waals surface area contributed by atoms with E-state index in [1.54, 1.807) is 6.26 Å². The molecule has 0 saturated heterocycles. The molecule has 0 aliphatic carbocycles. The zero-order valence-electron chi connectivity index (χ0n) is 12.4. The van der Waals surface area contributed by atoms with Gasteiger partial charge in [0.15, 0.2) is 0 Å². The van der Waals surface area contributed by atoms with Crippen LogP contribution >= 0.6 is 11.3 Å². The standard InChI is InChI=1S/C16H23NOS/c1-6-17-15(12-9-10-18-11(12)2)13-7-8-14(19-13)16(3,4)5/h7-10,15,17H,6H2,1-5H3. The van der Waals surface area contributed by atoms with E-state index in [2.05, 4.69) is 51.2 Å². The van der Waals surface area contributed by atoms with Gasteiger partial charge in [-0.15, -0.1) is 11.3 Å². The Labute approximate surface area is 119 Å². The third kappa shape index (κ3) is 3.10. The Morgan fingerprint density at radius 3 is 2.47 bits per heavy atom. The molecule has 2 rings (SSSR count). The number of hydrogen-bond donors (Lipinski definition) is 1. The van der Waals surface area contributed by atoms with Crippen LogP contribution in [0.2, 0.25) is 0 Å². The van der Waals surface area contributed by atoms with E-state index in [0.717, 1.165) is 12.3 Å². The van der Waals surface area contributed by atoms with Crippen LogP contribution in [0.15, 0.2) is 28.9 Å². The van der Waals surface area contributed by atoms with Gasteiger partial charge in [-0.05, 0) is 37.1 Å². The lowest BCUT2D eigenvalue weighted by molar-refractivity contribution is 0.521. The molecule has 0 aliphatic rings. The van der Waals surface area contributed by atoms with E-state index in [-0.39, 0.29) is 11.5 Å². The van der Waals surface area contributed by atoms with E-state index in [0.29, 0.717) is 0 Å². The maximum atomic E-state index is 5.45. The van der Waals surface area contributed by atoms with Gasteiger partial charge in [0.1, 0.15) is 5.76 Å². The van der Waals surface area contributed by atoms with E-state index < -0.39 is 0 Å². The van der Waals surface area contributed by atoms with Crippen LogP contribution in [0.4, 0.5) is 0 Å². The summed E-state index contributed by atoms with van der Waals surface area (Å²) in [5, 5.41) is 3.56. The molecular weight excluding hydrogens is 254 g/mol. The smallest absolute Gasteiger partial charge is 0.105 e. The van der Waals surface area contributed by atoms with Crippen LogP contribution in [0.5, 0.6) is 0 Å². The largest absolute Gasteiger partial charge is 0.469 e. The maximum Gasteiger partial charge on any atom is 0.105 e. The van der Waals surface area contributed by atoms with Crippen LogP contribution in [0, 0.1) is 6.92 Å². The van der Waals surface area contributed by atoms with E-state index in [1.165, 1.54) is 15.3 Å². The van der Waals surface area contributed by atoms with Gasteiger partial charge in [-0.3, -0.25) is 0 Å². The van der Waals surface area contributed by atoms with E-state index in [1.807, 2.05) is 18.3 Å². The first-order chi connectivity index (χ1) is 8.93. The number of nitrogens with one attached hydrogen (secondary N) is 1. The van der Waals surface area contributed by atoms with Crippen LogP contribution < -0.4 is 5.32 Å². The number of rotatable bonds is 4.